The summed E-state index contributed by atoms with van der Waals surface area (Å²) in [5.41, 5.74) is 0. The quantitative estimate of drug-likeness (QED) is 0.361. The summed E-state index contributed by atoms with van der Waals surface area (Å²) in [7, 11) is 0. The maximum absolute atomic E-state index is 2.37. The van der Waals surface area contributed by atoms with Crippen LogP contribution in [0.5, 0.6) is 0 Å². The molecule has 0 fully saturated rings. The van der Waals surface area contributed by atoms with Crippen molar-refractivity contribution in [1.29, 1.82) is 0 Å². The monoisotopic (exact) mass is 240 g/mol. The summed E-state index contributed by atoms with van der Waals surface area (Å²) in [5, 5.41) is 0. The van der Waals surface area contributed by atoms with Crippen molar-refractivity contribution in [3.63, 3.8) is 0 Å². The lowest BCUT2D eigenvalue weighted by molar-refractivity contribution is 0.355. The van der Waals surface area contributed by atoms with E-state index in [0.717, 1.165) is 11.8 Å². The van der Waals surface area contributed by atoms with Gasteiger partial charge < -0.3 is 0 Å². The molecule has 0 heterocycles. The molecule has 0 heteroatoms. The van der Waals surface area contributed by atoms with Crippen LogP contribution >= 0.6 is 0 Å². The summed E-state index contributed by atoms with van der Waals surface area (Å²) >= 11 is 0. The number of unbranched alkanes of at least 4 members (excludes halogenated alkanes) is 2. The van der Waals surface area contributed by atoms with Crippen molar-refractivity contribution in [3.8, 4) is 0 Å². The van der Waals surface area contributed by atoms with E-state index in [9.17, 15) is 0 Å². The van der Waals surface area contributed by atoms with Crippen LogP contribution in [-0.2, 0) is 0 Å². The molecular weight excluding hydrogens is 204 g/mol. The standard InChI is InChI=1S/C17H36/c1-5-9-12-16(7-3)14-11-15-17(8-4)13-10-6-2/h16-17H,5-15H2,1-4H3. The van der Waals surface area contributed by atoms with Gasteiger partial charge in [0, 0.05) is 0 Å². The van der Waals surface area contributed by atoms with E-state index in [4.69, 9.17) is 0 Å². The third-order valence-corrected chi connectivity index (χ3v) is 4.31. The minimum Gasteiger partial charge on any atom is -0.0654 e. The fourth-order valence-electron chi connectivity index (χ4n) is 2.79. The van der Waals surface area contributed by atoms with Gasteiger partial charge in [-0.2, -0.15) is 0 Å². The molecule has 0 bridgehead atoms. The molecule has 104 valence electrons. The first kappa shape index (κ1) is 17.0. The first-order valence-electron chi connectivity index (χ1n) is 8.28. The third kappa shape index (κ3) is 9.68. The van der Waals surface area contributed by atoms with E-state index in [1.54, 1.807) is 0 Å². The van der Waals surface area contributed by atoms with Crippen molar-refractivity contribution in [1.82, 2.24) is 0 Å². The van der Waals surface area contributed by atoms with Gasteiger partial charge in [-0.3, -0.25) is 0 Å². The number of hydrogen-bond donors (Lipinski definition) is 0. The van der Waals surface area contributed by atoms with Gasteiger partial charge in [0.15, 0.2) is 0 Å². The molecule has 0 saturated heterocycles. The molecule has 0 aromatic heterocycles. The molecule has 0 saturated carbocycles. The Bertz CT molecular complexity index is 123. The molecule has 0 nitrogen and oxygen atoms in total. The second-order valence-corrected chi connectivity index (χ2v) is 5.76. The minimum absolute atomic E-state index is 1.01. The molecule has 0 rings (SSSR count). The smallest absolute Gasteiger partial charge is 0.0417 e. The fraction of sp³-hybridized carbons (Fsp3) is 1.00. The highest BCUT2D eigenvalue weighted by Gasteiger charge is 2.09. The van der Waals surface area contributed by atoms with Crippen molar-refractivity contribution >= 4 is 0 Å². The molecule has 2 atom stereocenters. The van der Waals surface area contributed by atoms with Gasteiger partial charge in [-0.25, -0.2) is 0 Å². The molecule has 0 aromatic rings. The topological polar surface area (TPSA) is 0 Å². The molecule has 2 unspecified atom stereocenters. The van der Waals surface area contributed by atoms with Crippen LogP contribution in [0.2, 0.25) is 0 Å². The van der Waals surface area contributed by atoms with Crippen molar-refractivity contribution in [2.24, 2.45) is 11.8 Å². The SMILES string of the molecule is CCCCC(CC)CCCC(CC)CCCC. The van der Waals surface area contributed by atoms with Crippen molar-refractivity contribution < 1.29 is 0 Å². The molecule has 0 aliphatic heterocycles. The first-order chi connectivity index (χ1) is 8.28. The highest BCUT2D eigenvalue weighted by Crippen LogP contribution is 2.24. The Balaban J connectivity index is 3.61. The summed E-state index contributed by atoms with van der Waals surface area (Å²) in [6.07, 6.45) is 15.8. The van der Waals surface area contributed by atoms with Gasteiger partial charge in [0.25, 0.3) is 0 Å². The molecule has 0 amide bonds. The average Bonchev–Trinajstić information content (AvgIpc) is 2.37. The molecular formula is C17H36. The highest BCUT2D eigenvalue weighted by molar-refractivity contribution is 4.62. The molecule has 17 heavy (non-hydrogen) atoms. The molecule has 0 N–H and O–H groups in total. The largest absolute Gasteiger partial charge is 0.0654 e. The molecule has 0 aromatic carbocycles. The van der Waals surface area contributed by atoms with Crippen molar-refractivity contribution in [2.75, 3.05) is 0 Å². The molecule has 0 aliphatic rings. The van der Waals surface area contributed by atoms with Gasteiger partial charge in [0.05, 0.1) is 0 Å². The zero-order chi connectivity index (χ0) is 12.9. The lowest BCUT2D eigenvalue weighted by Gasteiger charge is -2.17. The minimum atomic E-state index is 1.01. The maximum Gasteiger partial charge on any atom is -0.0417 e. The Kier molecular flexibility index (Phi) is 12.5. The Hall–Kier alpha value is 0. The fourth-order valence-corrected chi connectivity index (χ4v) is 2.79. The van der Waals surface area contributed by atoms with Gasteiger partial charge in [0.1, 0.15) is 0 Å². The van der Waals surface area contributed by atoms with E-state index in [-0.39, 0.29) is 0 Å². The third-order valence-electron chi connectivity index (χ3n) is 4.31. The van der Waals surface area contributed by atoms with E-state index < -0.39 is 0 Å². The average molecular weight is 240 g/mol. The lowest BCUT2D eigenvalue weighted by Crippen LogP contribution is -2.03. The van der Waals surface area contributed by atoms with Gasteiger partial charge >= 0.3 is 0 Å². The number of hydrogen-bond acceptors (Lipinski definition) is 0. The van der Waals surface area contributed by atoms with E-state index in [0.29, 0.717) is 0 Å². The molecule has 0 aliphatic carbocycles. The van der Waals surface area contributed by atoms with Crippen LogP contribution in [0.4, 0.5) is 0 Å². The van der Waals surface area contributed by atoms with Crippen LogP contribution in [0.15, 0.2) is 0 Å². The second-order valence-electron chi connectivity index (χ2n) is 5.76. The normalized spacial score (nSPS) is 14.8. The van der Waals surface area contributed by atoms with Crippen molar-refractivity contribution in [2.45, 2.75) is 98.3 Å². The molecule has 0 spiro atoms. The zero-order valence-corrected chi connectivity index (χ0v) is 12.9. The van der Waals surface area contributed by atoms with E-state index >= 15 is 0 Å². The summed E-state index contributed by atoms with van der Waals surface area (Å²) in [5.74, 6) is 2.03. The van der Waals surface area contributed by atoms with E-state index in [1.165, 1.54) is 70.6 Å². The van der Waals surface area contributed by atoms with Crippen LogP contribution in [0, 0.1) is 11.8 Å². The highest BCUT2D eigenvalue weighted by atomic mass is 14.1. The summed E-state index contributed by atoms with van der Waals surface area (Å²) in [6.45, 7) is 9.36. The predicted octanol–water partition coefficient (Wildman–Crippen LogP) is 6.59. The van der Waals surface area contributed by atoms with Gasteiger partial charge in [0.2, 0.25) is 0 Å². The van der Waals surface area contributed by atoms with E-state index in [1.807, 2.05) is 0 Å². The van der Waals surface area contributed by atoms with Crippen LogP contribution in [0.3, 0.4) is 0 Å². The van der Waals surface area contributed by atoms with Gasteiger partial charge in [-0.1, -0.05) is 98.3 Å². The Morgan fingerprint density at radius 3 is 1.18 bits per heavy atom. The van der Waals surface area contributed by atoms with Crippen LogP contribution < -0.4 is 0 Å². The Morgan fingerprint density at radius 2 is 0.882 bits per heavy atom. The Morgan fingerprint density at radius 1 is 0.529 bits per heavy atom. The lowest BCUT2D eigenvalue weighted by atomic mass is 9.89. The maximum atomic E-state index is 2.37. The summed E-state index contributed by atoms with van der Waals surface area (Å²) < 4.78 is 0. The summed E-state index contributed by atoms with van der Waals surface area (Å²) in [4.78, 5) is 0. The van der Waals surface area contributed by atoms with Crippen LogP contribution in [0.1, 0.15) is 98.3 Å². The van der Waals surface area contributed by atoms with Crippen LogP contribution in [0.25, 0.3) is 0 Å². The van der Waals surface area contributed by atoms with Gasteiger partial charge in [-0.05, 0) is 11.8 Å². The van der Waals surface area contributed by atoms with Crippen molar-refractivity contribution in [3.05, 3.63) is 0 Å². The van der Waals surface area contributed by atoms with Gasteiger partial charge in [-0.15, -0.1) is 0 Å². The van der Waals surface area contributed by atoms with Crippen LogP contribution in [-0.4, -0.2) is 0 Å². The number of rotatable bonds is 12. The van der Waals surface area contributed by atoms with E-state index in [2.05, 4.69) is 27.7 Å². The molecule has 0 radical (unpaired) electrons. The zero-order valence-electron chi connectivity index (χ0n) is 12.9. The predicted molar refractivity (Wildman–Crippen MR) is 80.5 cm³/mol. The first-order valence-corrected chi connectivity index (χ1v) is 8.28. The summed E-state index contributed by atoms with van der Waals surface area (Å²) in [6, 6.07) is 0. The Labute approximate surface area is 111 Å². The second kappa shape index (κ2) is 12.5.